The van der Waals surface area contributed by atoms with Crippen molar-refractivity contribution >= 4 is 29.1 Å². The van der Waals surface area contributed by atoms with E-state index in [1.54, 1.807) is 48.5 Å². The molecule has 28 heavy (non-hydrogen) atoms. The Kier molecular flexibility index (Phi) is 5.58. The van der Waals surface area contributed by atoms with E-state index in [1.165, 1.54) is 19.5 Å². The van der Waals surface area contributed by atoms with E-state index in [0.717, 1.165) is 0 Å². The van der Waals surface area contributed by atoms with E-state index in [9.17, 15) is 9.59 Å². The van der Waals surface area contributed by atoms with Crippen LogP contribution in [-0.2, 0) is 4.74 Å². The van der Waals surface area contributed by atoms with E-state index >= 15 is 0 Å². The lowest BCUT2D eigenvalue weighted by Gasteiger charge is -2.07. The Labute approximate surface area is 160 Å². The Morgan fingerprint density at radius 2 is 1.82 bits per heavy atom. The molecular formula is C20H15N5O3. The van der Waals surface area contributed by atoms with Crippen molar-refractivity contribution in [3.8, 4) is 6.07 Å². The van der Waals surface area contributed by atoms with Gasteiger partial charge in [-0.3, -0.25) is 4.79 Å². The van der Waals surface area contributed by atoms with Crippen LogP contribution in [0.4, 0.5) is 17.2 Å². The Bertz CT molecular complexity index is 1040. The van der Waals surface area contributed by atoms with Gasteiger partial charge in [-0.25, -0.2) is 14.8 Å². The molecule has 0 bridgehead atoms. The number of ether oxygens (including phenoxy) is 1. The minimum Gasteiger partial charge on any atom is -0.465 e. The maximum absolute atomic E-state index is 12.3. The number of aromatic nitrogens is 2. The third-order valence-corrected chi connectivity index (χ3v) is 3.71. The Hall–Kier alpha value is -4.25. The Balaban J connectivity index is 1.65. The minimum atomic E-state index is -0.452. The normalized spacial score (nSPS) is 9.86. The number of nitrogens with one attached hydrogen (secondary N) is 2. The highest BCUT2D eigenvalue weighted by molar-refractivity contribution is 6.03. The number of benzene rings is 2. The molecule has 3 aromatic rings. The van der Waals surface area contributed by atoms with Gasteiger partial charge in [-0.1, -0.05) is 6.07 Å². The molecule has 0 radical (unpaired) electrons. The number of carbonyl (C=O) groups is 2. The molecule has 0 saturated heterocycles. The van der Waals surface area contributed by atoms with E-state index in [4.69, 9.17) is 5.26 Å². The van der Waals surface area contributed by atoms with Crippen LogP contribution in [0.15, 0.2) is 60.9 Å². The van der Waals surface area contributed by atoms with E-state index in [2.05, 4.69) is 31.4 Å². The first-order chi connectivity index (χ1) is 13.6. The summed E-state index contributed by atoms with van der Waals surface area (Å²) in [6, 6.07) is 15.3. The second-order valence-corrected chi connectivity index (χ2v) is 5.63. The molecule has 1 amide bonds. The molecule has 8 heteroatoms. The van der Waals surface area contributed by atoms with Gasteiger partial charge in [-0.05, 0) is 42.5 Å². The monoisotopic (exact) mass is 373 g/mol. The first-order valence-electron chi connectivity index (χ1n) is 8.18. The van der Waals surface area contributed by atoms with Gasteiger partial charge in [0.2, 0.25) is 0 Å². The molecule has 0 fully saturated rings. The summed E-state index contributed by atoms with van der Waals surface area (Å²) in [7, 11) is 1.30. The number of nitriles is 1. The number of esters is 1. The molecule has 0 unspecified atom stereocenters. The predicted octanol–water partition coefficient (Wildman–Crippen LogP) is 3.13. The molecule has 8 nitrogen and oxygen atoms in total. The van der Waals surface area contributed by atoms with Crippen LogP contribution in [0.3, 0.4) is 0 Å². The van der Waals surface area contributed by atoms with Crippen molar-refractivity contribution in [3.63, 3.8) is 0 Å². The van der Waals surface area contributed by atoms with Crippen molar-refractivity contribution in [1.82, 2.24) is 9.97 Å². The third-order valence-electron chi connectivity index (χ3n) is 3.71. The van der Waals surface area contributed by atoms with Gasteiger partial charge < -0.3 is 15.4 Å². The zero-order valence-electron chi connectivity index (χ0n) is 14.8. The number of hydrogen-bond donors (Lipinski definition) is 2. The lowest BCUT2D eigenvalue weighted by Crippen LogP contribution is -2.14. The smallest absolute Gasteiger partial charge is 0.337 e. The number of amides is 1. The van der Waals surface area contributed by atoms with Crippen LogP contribution >= 0.6 is 0 Å². The third kappa shape index (κ3) is 4.47. The molecule has 0 saturated carbocycles. The molecule has 0 atom stereocenters. The lowest BCUT2D eigenvalue weighted by molar-refractivity contribution is 0.0600. The summed E-state index contributed by atoms with van der Waals surface area (Å²) in [6.07, 6.45) is 2.77. The van der Waals surface area contributed by atoms with Crippen molar-refractivity contribution < 1.29 is 14.3 Å². The molecule has 0 aliphatic rings. The van der Waals surface area contributed by atoms with Gasteiger partial charge in [-0.15, -0.1) is 0 Å². The van der Waals surface area contributed by atoms with Crippen LogP contribution in [-0.4, -0.2) is 29.0 Å². The van der Waals surface area contributed by atoms with Crippen molar-refractivity contribution in [2.75, 3.05) is 17.7 Å². The van der Waals surface area contributed by atoms with Crippen LogP contribution in [0.25, 0.3) is 0 Å². The summed E-state index contributed by atoms with van der Waals surface area (Å²) in [5.74, 6) is -0.447. The molecule has 0 spiro atoms. The van der Waals surface area contributed by atoms with Gasteiger partial charge >= 0.3 is 5.97 Å². The summed E-state index contributed by atoms with van der Waals surface area (Å²) >= 11 is 0. The van der Waals surface area contributed by atoms with Gasteiger partial charge in [0.05, 0.1) is 36.7 Å². The molecular weight excluding hydrogens is 358 g/mol. The predicted molar refractivity (Wildman–Crippen MR) is 102 cm³/mol. The average molecular weight is 373 g/mol. The average Bonchev–Trinajstić information content (AvgIpc) is 2.74. The van der Waals surface area contributed by atoms with Gasteiger partial charge in [0, 0.05) is 11.4 Å². The topological polar surface area (TPSA) is 117 Å². The standard InChI is InChI=1S/C20H15N5O3/c1-28-20(27)14-5-7-15(8-6-14)25-19(26)17-11-23-18(12-22-17)24-16-4-2-3-13(9-16)10-21/h2-9,11-12H,1H3,(H,23,24)(H,25,26). The first kappa shape index (κ1) is 18.5. The fourth-order valence-electron chi connectivity index (χ4n) is 2.33. The van der Waals surface area contributed by atoms with Crippen molar-refractivity contribution in [1.29, 1.82) is 5.26 Å². The van der Waals surface area contributed by atoms with Crippen molar-refractivity contribution in [2.45, 2.75) is 0 Å². The second kappa shape index (κ2) is 8.42. The summed E-state index contributed by atoms with van der Waals surface area (Å²) < 4.78 is 4.63. The second-order valence-electron chi connectivity index (χ2n) is 5.63. The fourth-order valence-corrected chi connectivity index (χ4v) is 2.33. The number of hydrogen-bond acceptors (Lipinski definition) is 7. The van der Waals surface area contributed by atoms with Gasteiger partial charge in [-0.2, -0.15) is 5.26 Å². The summed E-state index contributed by atoms with van der Waals surface area (Å²) in [5, 5.41) is 14.6. The van der Waals surface area contributed by atoms with Crippen molar-refractivity contribution in [2.24, 2.45) is 0 Å². The molecule has 0 aliphatic carbocycles. The summed E-state index contributed by atoms with van der Waals surface area (Å²) in [5.41, 5.74) is 2.24. The largest absolute Gasteiger partial charge is 0.465 e. The molecule has 0 aliphatic heterocycles. The Morgan fingerprint density at radius 1 is 1.04 bits per heavy atom. The number of rotatable bonds is 5. The highest BCUT2D eigenvalue weighted by Crippen LogP contribution is 2.16. The first-order valence-corrected chi connectivity index (χ1v) is 8.18. The Morgan fingerprint density at radius 3 is 2.46 bits per heavy atom. The SMILES string of the molecule is COC(=O)c1ccc(NC(=O)c2cnc(Nc3cccc(C#N)c3)cn2)cc1. The minimum absolute atomic E-state index is 0.133. The summed E-state index contributed by atoms with van der Waals surface area (Å²) in [4.78, 5) is 32.0. The molecule has 138 valence electrons. The number of anilines is 3. The maximum atomic E-state index is 12.3. The highest BCUT2D eigenvalue weighted by Gasteiger charge is 2.10. The van der Waals surface area contributed by atoms with E-state index in [0.29, 0.717) is 28.3 Å². The summed E-state index contributed by atoms with van der Waals surface area (Å²) in [6.45, 7) is 0. The van der Waals surface area contributed by atoms with Crippen LogP contribution in [0, 0.1) is 11.3 Å². The van der Waals surface area contributed by atoms with E-state index in [-0.39, 0.29) is 5.69 Å². The molecule has 3 rings (SSSR count). The zero-order chi connectivity index (χ0) is 19.9. The highest BCUT2D eigenvalue weighted by atomic mass is 16.5. The lowest BCUT2D eigenvalue weighted by atomic mass is 10.2. The molecule has 1 aromatic heterocycles. The number of nitrogens with zero attached hydrogens (tertiary/aromatic N) is 3. The fraction of sp³-hybridized carbons (Fsp3) is 0.0500. The van der Waals surface area contributed by atoms with Crippen molar-refractivity contribution in [3.05, 3.63) is 77.7 Å². The van der Waals surface area contributed by atoms with Crippen LogP contribution in [0.5, 0.6) is 0 Å². The van der Waals surface area contributed by atoms with Gasteiger partial charge in [0.25, 0.3) is 5.91 Å². The van der Waals surface area contributed by atoms with Gasteiger partial charge in [0.1, 0.15) is 11.5 Å². The zero-order valence-corrected chi connectivity index (χ0v) is 14.8. The van der Waals surface area contributed by atoms with Gasteiger partial charge in [0.15, 0.2) is 0 Å². The van der Waals surface area contributed by atoms with Crippen LogP contribution < -0.4 is 10.6 Å². The number of carbonyl (C=O) groups excluding carboxylic acids is 2. The molecule has 2 N–H and O–H groups in total. The van der Waals surface area contributed by atoms with Crippen LogP contribution in [0.1, 0.15) is 26.4 Å². The molecule has 2 aromatic carbocycles. The van der Waals surface area contributed by atoms with E-state index in [1.807, 2.05) is 0 Å². The maximum Gasteiger partial charge on any atom is 0.337 e. The van der Waals surface area contributed by atoms with E-state index < -0.39 is 11.9 Å². The van der Waals surface area contributed by atoms with Crippen LogP contribution in [0.2, 0.25) is 0 Å². The quantitative estimate of drug-likeness (QED) is 0.660. The number of methoxy groups -OCH3 is 1. The molecule has 1 heterocycles.